The van der Waals surface area contributed by atoms with Crippen molar-refractivity contribution in [2.45, 2.75) is 23.8 Å². The number of hydrogen-bond acceptors (Lipinski definition) is 7. The first kappa shape index (κ1) is 29.1. The number of carbonyl (C=O) groups is 2. The molecule has 1 aliphatic heterocycles. The van der Waals surface area contributed by atoms with Crippen molar-refractivity contribution < 1.29 is 27.5 Å². The Morgan fingerprint density at radius 2 is 1.75 bits per heavy atom. The van der Waals surface area contributed by atoms with E-state index >= 15 is 0 Å². The standard InChI is InChI=1S/C28H29ClN4O6S/c29-22-10-12-23(13-11-22)33(40(36,37)26-6-2-1-3-7-26)19-27(34)32-31-17-21-8-14-24(15-9-21)39-20-28(35)30-18-25-5-4-16-38-25/h1-3,6-15,17,25H,4-5,16,18-20H2,(H,30,35)(H,32,34)/b31-17-/t25-/m0/s1. The molecule has 12 heteroatoms. The van der Waals surface area contributed by atoms with Gasteiger partial charge >= 0.3 is 0 Å². The molecular formula is C28H29ClN4O6S. The van der Waals surface area contributed by atoms with Gasteiger partial charge in [0.2, 0.25) is 0 Å². The third kappa shape index (κ3) is 8.28. The minimum atomic E-state index is -4.03. The summed E-state index contributed by atoms with van der Waals surface area (Å²) in [5.41, 5.74) is 3.30. The fourth-order valence-electron chi connectivity index (χ4n) is 3.87. The molecule has 4 rings (SSSR count). The van der Waals surface area contributed by atoms with E-state index < -0.39 is 22.5 Å². The van der Waals surface area contributed by atoms with Crippen LogP contribution in [0.4, 0.5) is 5.69 Å². The van der Waals surface area contributed by atoms with Crippen molar-refractivity contribution in [3.8, 4) is 5.75 Å². The van der Waals surface area contributed by atoms with Crippen molar-refractivity contribution in [3.05, 3.63) is 89.4 Å². The Labute approximate surface area is 238 Å². The number of hydrazone groups is 1. The molecule has 3 aromatic carbocycles. The number of sulfonamides is 1. The molecule has 1 atom stereocenters. The number of nitrogens with one attached hydrogen (secondary N) is 2. The normalized spacial score (nSPS) is 15.1. The number of anilines is 1. The molecule has 0 bridgehead atoms. The predicted molar refractivity (Wildman–Crippen MR) is 152 cm³/mol. The van der Waals surface area contributed by atoms with Crippen LogP contribution in [-0.2, 0) is 24.3 Å². The van der Waals surface area contributed by atoms with E-state index in [1.165, 1.54) is 30.5 Å². The molecule has 2 N–H and O–H groups in total. The predicted octanol–water partition coefficient (Wildman–Crippen LogP) is 3.36. The van der Waals surface area contributed by atoms with Crippen molar-refractivity contribution in [3.63, 3.8) is 0 Å². The average Bonchev–Trinajstić information content (AvgIpc) is 3.49. The highest BCUT2D eigenvalue weighted by atomic mass is 35.5. The first-order valence-electron chi connectivity index (χ1n) is 12.6. The summed E-state index contributed by atoms with van der Waals surface area (Å²) in [5, 5.41) is 7.17. The molecule has 0 radical (unpaired) electrons. The molecule has 0 aliphatic carbocycles. The fraction of sp³-hybridized carbons (Fsp3) is 0.250. The SMILES string of the molecule is O=C(COc1ccc(/C=N\NC(=O)CN(c2ccc(Cl)cc2)S(=O)(=O)c2ccccc2)cc1)NC[C@@H]1CCCO1. The molecule has 0 unspecified atom stereocenters. The summed E-state index contributed by atoms with van der Waals surface area (Å²) < 4.78 is 38.6. The number of hydrogen-bond donors (Lipinski definition) is 2. The van der Waals surface area contributed by atoms with Crippen LogP contribution in [0.2, 0.25) is 5.02 Å². The Balaban J connectivity index is 1.31. The van der Waals surface area contributed by atoms with Crippen molar-refractivity contribution in [1.82, 2.24) is 10.7 Å². The van der Waals surface area contributed by atoms with Gasteiger partial charge in [0.05, 0.1) is 22.9 Å². The first-order chi connectivity index (χ1) is 19.3. The zero-order valence-electron chi connectivity index (χ0n) is 21.5. The number of benzene rings is 3. The third-order valence-corrected chi connectivity index (χ3v) is 7.98. The molecular weight excluding hydrogens is 556 g/mol. The molecule has 3 aromatic rings. The Hall–Kier alpha value is -3.93. The van der Waals surface area contributed by atoms with Crippen LogP contribution in [0.5, 0.6) is 5.75 Å². The largest absolute Gasteiger partial charge is 0.484 e. The van der Waals surface area contributed by atoms with E-state index in [1.807, 2.05) is 0 Å². The van der Waals surface area contributed by atoms with Crippen LogP contribution in [0.1, 0.15) is 18.4 Å². The minimum Gasteiger partial charge on any atom is -0.484 e. The van der Waals surface area contributed by atoms with E-state index in [0.717, 1.165) is 23.8 Å². The van der Waals surface area contributed by atoms with Gasteiger partial charge in [-0.3, -0.25) is 13.9 Å². The number of ether oxygens (including phenoxy) is 2. The highest BCUT2D eigenvalue weighted by Gasteiger charge is 2.27. The summed E-state index contributed by atoms with van der Waals surface area (Å²) in [4.78, 5) is 24.7. The highest BCUT2D eigenvalue weighted by Crippen LogP contribution is 2.25. The van der Waals surface area contributed by atoms with Gasteiger partial charge in [-0.1, -0.05) is 29.8 Å². The second kappa shape index (κ2) is 13.9. The van der Waals surface area contributed by atoms with Crippen LogP contribution in [0.3, 0.4) is 0 Å². The van der Waals surface area contributed by atoms with Gasteiger partial charge in [-0.25, -0.2) is 13.8 Å². The lowest BCUT2D eigenvalue weighted by Gasteiger charge is -2.23. The summed E-state index contributed by atoms with van der Waals surface area (Å²) >= 11 is 5.96. The lowest BCUT2D eigenvalue weighted by molar-refractivity contribution is -0.123. The van der Waals surface area contributed by atoms with Crippen LogP contribution >= 0.6 is 11.6 Å². The monoisotopic (exact) mass is 584 g/mol. The van der Waals surface area contributed by atoms with Gasteiger partial charge in [0.1, 0.15) is 12.3 Å². The summed E-state index contributed by atoms with van der Waals surface area (Å²) in [6, 6.07) is 20.7. The molecule has 40 heavy (non-hydrogen) atoms. The molecule has 1 fully saturated rings. The molecule has 1 heterocycles. The number of halogens is 1. The smallest absolute Gasteiger partial charge is 0.264 e. The van der Waals surface area contributed by atoms with Crippen molar-refractivity contribution in [1.29, 1.82) is 0 Å². The molecule has 10 nitrogen and oxygen atoms in total. The number of nitrogens with zero attached hydrogens (tertiary/aromatic N) is 2. The Bertz CT molecular complexity index is 1410. The Kier molecular flexibility index (Phi) is 10.1. The van der Waals surface area contributed by atoms with Crippen LogP contribution < -0.4 is 19.8 Å². The van der Waals surface area contributed by atoms with Crippen molar-refractivity contribution >= 4 is 45.3 Å². The van der Waals surface area contributed by atoms with E-state index in [1.54, 1.807) is 54.6 Å². The number of carbonyl (C=O) groups excluding carboxylic acids is 2. The third-order valence-electron chi connectivity index (χ3n) is 5.94. The van der Waals surface area contributed by atoms with Gasteiger partial charge in [0.15, 0.2) is 6.61 Å². The van der Waals surface area contributed by atoms with E-state index in [0.29, 0.717) is 22.9 Å². The van der Waals surface area contributed by atoms with Gasteiger partial charge in [-0.15, -0.1) is 0 Å². The maximum Gasteiger partial charge on any atom is 0.264 e. The van der Waals surface area contributed by atoms with E-state index in [-0.39, 0.29) is 29.2 Å². The summed E-state index contributed by atoms with van der Waals surface area (Å²) in [7, 11) is -4.03. The van der Waals surface area contributed by atoms with Gasteiger partial charge in [0.25, 0.3) is 21.8 Å². The van der Waals surface area contributed by atoms with Crippen LogP contribution in [-0.4, -0.2) is 58.9 Å². The second-order valence-corrected chi connectivity index (χ2v) is 11.2. The van der Waals surface area contributed by atoms with Gasteiger partial charge in [-0.2, -0.15) is 5.10 Å². The molecule has 210 valence electrons. The highest BCUT2D eigenvalue weighted by molar-refractivity contribution is 7.92. The molecule has 0 aromatic heterocycles. The van der Waals surface area contributed by atoms with Crippen LogP contribution in [0.25, 0.3) is 0 Å². The number of amides is 2. The molecule has 0 saturated carbocycles. The van der Waals surface area contributed by atoms with Gasteiger partial charge < -0.3 is 14.8 Å². The zero-order chi connectivity index (χ0) is 28.4. The minimum absolute atomic E-state index is 0.0453. The topological polar surface area (TPSA) is 126 Å². The first-order valence-corrected chi connectivity index (χ1v) is 14.4. The lowest BCUT2D eigenvalue weighted by atomic mass is 10.2. The summed E-state index contributed by atoms with van der Waals surface area (Å²) in [6.07, 6.45) is 3.43. The molecule has 1 saturated heterocycles. The maximum absolute atomic E-state index is 13.3. The molecule has 0 spiro atoms. The van der Waals surface area contributed by atoms with Crippen molar-refractivity contribution in [2.24, 2.45) is 5.10 Å². The Morgan fingerprint density at radius 3 is 2.42 bits per heavy atom. The molecule has 2 amide bonds. The number of rotatable bonds is 12. The zero-order valence-corrected chi connectivity index (χ0v) is 23.1. The fourth-order valence-corrected chi connectivity index (χ4v) is 5.44. The Morgan fingerprint density at radius 1 is 1.02 bits per heavy atom. The quantitative estimate of drug-likeness (QED) is 0.248. The van der Waals surface area contributed by atoms with E-state index in [9.17, 15) is 18.0 Å². The lowest BCUT2D eigenvalue weighted by Crippen LogP contribution is -2.39. The van der Waals surface area contributed by atoms with E-state index in [4.69, 9.17) is 21.1 Å². The van der Waals surface area contributed by atoms with Crippen LogP contribution in [0.15, 0.2) is 88.9 Å². The van der Waals surface area contributed by atoms with Gasteiger partial charge in [-0.05, 0) is 79.1 Å². The van der Waals surface area contributed by atoms with E-state index in [2.05, 4.69) is 15.8 Å². The maximum atomic E-state index is 13.3. The second-order valence-electron chi connectivity index (χ2n) is 8.89. The summed E-state index contributed by atoms with van der Waals surface area (Å²) in [6.45, 7) is 0.581. The molecule has 1 aliphatic rings. The summed E-state index contributed by atoms with van der Waals surface area (Å²) in [5.74, 6) is -0.372. The van der Waals surface area contributed by atoms with Crippen LogP contribution in [0, 0.1) is 0 Å². The average molecular weight is 585 g/mol. The van der Waals surface area contributed by atoms with Crippen molar-refractivity contribution in [2.75, 3.05) is 30.6 Å². The van der Waals surface area contributed by atoms with Gasteiger partial charge in [0, 0.05) is 18.2 Å².